The molecule has 0 aromatic heterocycles. The lowest BCUT2D eigenvalue weighted by molar-refractivity contribution is 0.0983. The second-order valence-corrected chi connectivity index (χ2v) is 8.03. The number of ether oxygens (including phenoxy) is 1. The van der Waals surface area contributed by atoms with Gasteiger partial charge in [0.2, 0.25) is 0 Å². The summed E-state index contributed by atoms with van der Waals surface area (Å²) < 4.78 is 29.8. The van der Waals surface area contributed by atoms with E-state index in [1.807, 2.05) is 0 Å². The Morgan fingerprint density at radius 2 is 1.67 bits per heavy atom. The maximum absolute atomic E-state index is 12.3. The van der Waals surface area contributed by atoms with Crippen molar-refractivity contribution in [1.82, 2.24) is 0 Å². The number of hydrogen-bond acceptors (Lipinski definition) is 4. The van der Waals surface area contributed by atoms with Gasteiger partial charge in [-0.25, -0.2) is 8.42 Å². The van der Waals surface area contributed by atoms with Crippen molar-refractivity contribution in [3.63, 3.8) is 0 Å². The third kappa shape index (κ3) is 3.68. The molecule has 0 spiro atoms. The predicted octanol–water partition coefficient (Wildman–Crippen LogP) is 1.49. The summed E-state index contributed by atoms with van der Waals surface area (Å²) in [6.07, 6.45) is 7.16. The first-order valence-corrected chi connectivity index (χ1v) is 8.86. The monoisotopic (exact) mass is 275 g/mol. The van der Waals surface area contributed by atoms with Gasteiger partial charge < -0.3 is 10.5 Å². The van der Waals surface area contributed by atoms with E-state index in [-0.39, 0.29) is 17.0 Å². The summed E-state index contributed by atoms with van der Waals surface area (Å²) >= 11 is 0. The van der Waals surface area contributed by atoms with E-state index in [9.17, 15) is 8.42 Å². The molecule has 2 aliphatic rings. The largest absolute Gasteiger partial charge is 0.381 e. The molecule has 0 amide bonds. The van der Waals surface area contributed by atoms with Gasteiger partial charge in [-0.15, -0.1) is 0 Å². The van der Waals surface area contributed by atoms with E-state index in [0.29, 0.717) is 32.0 Å². The van der Waals surface area contributed by atoms with Crippen molar-refractivity contribution in [2.24, 2.45) is 11.7 Å². The molecule has 1 atom stereocenters. The summed E-state index contributed by atoms with van der Waals surface area (Å²) in [6, 6.07) is -0.168. The first-order chi connectivity index (χ1) is 8.59. The third-order valence-electron chi connectivity index (χ3n) is 4.36. The third-order valence-corrected chi connectivity index (χ3v) is 6.69. The smallest absolute Gasteiger partial charge is 0.154 e. The molecular formula is C13H25NO3S. The van der Waals surface area contributed by atoms with E-state index in [0.717, 1.165) is 12.8 Å². The normalized spacial score (nSPS) is 26.1. The van der Waals surface area contributed by atoms with Crippen molar-refractivity contribution >= 4 is 9.84 Å². The molecule has 1 aliphatic carbocycles. The average molecular weight is 275 g/mol. The Labute approximate surface area is 110 Å². The van der Waals surface area contributed by atoms with Gasteiger partial charge in [-0.2, -0.15) is 0 Å². The van der Waals surface area contributed by atoms with Gasteiger partial charge in [0.05, 0.1) is 11.0 Å². The standard InChI is InChI=1S/C13H25NO3S/c14-13(11-4-2-1-3-5-11)10-18(15,16)12-6-8-17-9-7-12/h11-13H,1-10,14H2. The van der Waals surface area contributed by atoms with Gasteiger partial charge in [-0.3, -0.25) is 0 Å². The number of hydrogen-bond donors (Lipinski definition) is 1. The lowest BCUT2D eigenvalue weighted by Gasteiger charge is -2.29. The number of sulfone groups is 1. The maximum Gasteiger partial charge on any atom is 0.154 e. The molecule has 0 aromatic rings. The van der Waals surface area contributed by atoms with Crippen LogP contribution in [-0.2, 0) is 14.6 Å². The summed E-state index contributed by atoms with van der Waals surface area (Å²) in [5.74, 6) is 0.580. The van der Waals surface area contributed by atoms with E-state index in [4.69, 9.17) is 10.5 Å². The minimum Gasteiger partial charge on any atom is -0.381 e. The second-order valence-electron chi connectivity index (χ2n) is 5.70. The molecule has 1 heterocycles. The highest BCUT2D eigenvalue weighted by atomic mass is 32.2. The van der Waals surface area contributed by atoms with Crippen LogP contribution in [0.15, 0.2) is 0 Å². The molecule has 4 nitrogen and oxygen atoms in total. The first kappa shape index (κ1) is 14.3. The molecule has 5 heteroatoms. The van der Waals surface area contributed by atoms with E-state index in [1.54, 1.807) is 0 Å². The lowest BCUT2D eigenvalue weighted by Crippen LogP contribution is -2.42. The van der Waals surface area contributed by atoms with Crippen LogP contribution in [0.4, 0.5) is 0 Å². The minimum atomic E-state index is -3.04. The van der Waals surface area contributed by atoms with Crippen LogP contribution in [0.2, 0.25) is 0 Å². The quantitative estimate of drug-likeness (QED) is 0.844. The van der Waals surface area contributed by atoms with Crippen LogP contribution in [-0.4, -0.2) is 38.7 Å². The molecule has 1 aliphatic heterocycles. The molecule has 2 fully saturated rings. The van der Waals surface area contributed by atoms with E-state index in [1.165, 1.54) is 19.3 Å². The maximum atomic E-state index is 12.3. The van der Waals surface area contributed by atoms with Gasteiger partial charge in [0.1, 0.15) is 0 Å². The summed E-state index contributed by atoms with van der Waals surface area (Å²) in [4.78, 5) is 0. The highest BCUT2D eigenvalue weighted by Gasteiger charge is 2.32. The molecule has 18 heavy (non-hydrogen) atoms. The Kier molecular flexibility index (Phi) is 5.04. The van der Waals surface area contributed by atoms with Crippen LogP contribution >= 0.6 is 0 Å². The zero-order valence-electron chi connectivity index (χ0n) is 11.0. The Hall–Kier alpha value is -0.130. The summed E-state index contributed by atoms with van der Waals surface area (Å²) in [5.41, 5.74) is 6.13. The fourth-order valence-electron chi connectivity index (χ4n) is 3.14. The van der Waals surface area contributed by atoms with Crippen molar-refractivity contribution < 1.29 is 13.2 Å². The Bertz CT molecular complexity index is 343. The predicted molar refractivity (Wildman–Crippen MR) is 72.2 cm³/mol. The van der Waals surface area contributed by atoms with Gasteiger partial charge in [0, 0.05) is 19.3 Å². The SMILES string of the molecule is NC(CS(=O)(=O)C1CCOCC1)C1CCCCC1. The topological polar surface area (TPSA) is 69.4 Å². The summed E-state index contributed by atoms with van der Waals surface area (Å²) in [5, 5.41) is -0.221. The molecule has 2 rings (SSSR count). The molecule has 106 valence electrons. The Balaban J connectivity index is 1.89. The van der Waals surface area contributed by atoms with Gasteiger partial charge in [-0.1, -0.05) is 19.3 Å². The Morgan fingerprint density at radius 3 is 2.28 bits per heavy atom. The zero-order chi connectivity index (χ0) is 13.0. The highest BCUT2D eigenvalue weighted by molar-refractivity contribution is 7.92. The molecule has 1 saturated carbocycles. The van der Waals surface area contributed by atoms with Crippen LogP contribution in [0, 0.1) is 5.92 Å². The molecule has 0 aromatic carbocycles. The van der Waals surface area contributed by atoms with Crippen molar-refractivity contribution in [2.45, 2.75) is 56.2 Å². The van der Waals surface area contributed by atoms with E-state index >= 15 is 0 Å². The summed E-state index contributed by atoms with van der Waals surface area (Å²) in [7, 11) is -3.04. The molecular weight excluding hydrogens is 250 g/mol. The van der Waals surface area contributed by atoms with Crippen LogP contribution < -0.4 is 5.73 Å². The molecule has 1 unspecified atom stereocenters. The molecule has 0 bridgehead atoms. The van der Waals surface area contributed by atoms with Crippen LogP contribution in [0.5, 0.6) is 0 Å². The van der Waals surface area contributed by atoms with Crippen molar-refractivity contribution in [2.75, 3.05) is 19.0 Å². The van der Waals surface area contributed by atoms with Crippen LogP contribution in [0.3, 0.4) is 0 Å². The van der Waals surface area contributed by atoms with E-state index in [2.05, 4.69) is 0 Å². The fraction of sp³-hybridized carbons (Fsp3) is 1.00. The summed E-state index contributed by atoms with van der Waals surface area (Å²) in [6.45, 7) is 1.14. The van der Waals surface area contributed by atoms with Gasteiger partial charge in [-0.05, 0) is 31.6 Å². The van der Waals surface area contributed by atoms with Crippen molar-refractivity contribution in [3.8, 4) is 0 Å². The van der Waals surface area contributed by atoms with Crippen molar-refractivity contribution in [3.05, 3.63) is 0 Å². The van der Waals surface area contributed by atoms with Crippen molar-refractivity contribution in [1.29, 1.82) is 0 Å². The number of nitrogens with two attached hydrogens (primary N) is 1. The lowest BCUT2D eigenvalue weighted by atomic mass is 9.85. The van der Waals surface area contributed by atoms with Gasteiger partial charge >= 0.3 is 0 Å². The second kappa shape index (κ2) is 6.35. The minimum absolute atomic E-state index is 0.168. The fourth-order valence-corrected chi connectivity index (χ4v) is 5.13. The highest BCUT2D eigenvalue weighted by Crippen LogP contribution is 2.27. The number of rotatable bonds is 4. The first-order valence-electron chi connectivity index (χ1n) is 7.14. The zero-order valence-corrected chi connectivity index (χ0v) is 11.8. The van der Waals surface area contributed by atoms with Crippen LogP contribution in [0.1, 0.15) is 44.9 Å². The Morgan fingerprint density at radius 1 is 1.06 bits per heavy atom. The molecule has 2 N–H and O–H groups in total. The molecule has 0 radical (unpaired) electrons. The van der Waals surface area contributed by atoms with Crippen LogP contribution in [0.25, 0.3) is 0 Å². The van der Waals surface area contributed by atoms with E-state index < -0.39 is 9.84 Å². The van der Waals surface area contributed by atoms with Gasteiger partial charge in [0.25, 0.3) is 0 Å². The van der Waals surface area contributed by atoms with Gasteiger partial charge in [0.15, 0.2) is 9.84 Å². The molecule has 1 saturated heterocycles. The average Bonchev–Trinajstić information content (AvgIpc) is 2.40.